The molecule has 1 amide bonds. The van der Waals surface area contributed by atoms with Crippen LogP contribution in [0.5, 0.6) is 0 Å². The van der Waals surface area contributed by atoms with Gasteiger partial charge in [0.2, 0.25) is 5.95 Å². The van der Waals surface area contributed by atoms with E-state index in [9.17, 15) is 4.79 Å². The Morgan fingerprint density at radius 1 is 1.27 bits per heavy atom. The fourth-order valence-electron chi connectivity index (χ4n) is 2.57. The first-order valence-corrected chi connectivity index (χ1v) is 8.16. The number of hydrogen-bond acceptors (Lipinski definition) is 6. The fourth-order valence-corrected chi connectivity index (χ4v) is 2.57. The van der Waals surface area contributed by atoms with Crippen LogP contribution in [-0.2, 0) is 11.3 Å². The van der Waals surface area contributed by atoms with E-state index in [2.05, 4.69) is 19.9 Å². The molecule has 9 nitrogen and oxygen atoms in total. The van der Waals surface area contributed by atoms with E-state index in [1.165, 1.54) is 0 Å². The highest BCUT2D eigenvalue weighted by atomic mass is 16.5. The van der Waals surface area contributed by atoms with Crippen LogP contribution >= 0.6 is 0 Å². The number of ether oxygens (including phenoxy) is 1. The zero-order valence-corrected chi connectivity index (χ0v) is 14.1. The number of carbonyl (C=O) groups is 1. The maximum Gasteiger partial charge on any atom is 0.411 e. The van der Waals surface area contributed by atoms with Crippen LogP contribution in [0.25, 0.3) is 11.1 Å². The minimum absolute atomic E-state index is 0.138. The average molecular weight is 356 g/mol. The molecule has 1 aromatic carbocycles. The number of anilines is 1. The van der Waals surface area contributed by atoms with Crippen LogP contribution in [0.3, 0.4) is 0 Å². The van der Waals surface area contributed by atoms with Crippen LogP contribution in [0.1, 0.15) is 5.56 Å². The van der Waals surface area contributed by atoms with Crippen molar-refractivity contribution in [1.29, 1.82) is 0 Å². The minimum atomic E-state index is -1.24. The van der Waals surface area contributed by atoms with Gasteiger partial charge in [0.15, 0.2) is 5.96 Å². The fraction of sp³-hybridized carbons (Fsp3) is 0.294. The molecule has 1 aliphatic heterocycles. The standard InChI is InChI=1S/C17H20N6O3/c18-15(22-17(24)25)19-9-12-2-1-3-13(8-12)14-10-20-16(21-11-14)23-4-6-26-7-5-23/h1-3,8,10-11H,4-7,9H2,(H,24,25)(H3,18,19,22). The molecule has 2 aromatic rings. The van der Waals surface area contributed by atoms with Crippen LogP contribution in [0.15, 0.2) is 41.7 Å². The normalized spacial score (nSPS) is 14.9. The van der Waals surface area contributed by atoms with Crippen LogP contribution in [0, 0.1) is 0 Å². The molecule has 1 aliphatic rings. The van der Waals surface area contributed by atoms with Gasteiger partial charge in [-0.3, -0.25) is 5.32 Å². The van der Waals surface area contributed by atoms with E-state index < -0.39 is 6.09 Å². The van der Waals surface area contributed by atoms with Gasteiger partial charge in [-0.15, -0.1) is 0 Å². The summed E-state index contributed by atoms with van der Waals surface area (Å²) in [5.41, 5.74) is 8.23. The van der Waals surface area contributed by atoms with E-state index in [-0.39, 0.29) is 12.5 Å². The van der Waals surface area contributed by atoms with Crippen molar-refractivity contribution in [3.8, 4) is 11.1 Å². The second kappa shape index (κ2) is 8.26. The number of nitrogens with one attached hydrogen (secondary N) is 1. The van der Waals surface area contributed by atoms with Crippen LogP contribution < -0.4 is 16.0 Å². The number of guanidine groups is 1. The minimum Gasteiger partial charge on any atom is -0.465 e. The molecule has 1 saturated heterocycles. The summed E-state index contributed by atoms with van der Waals surface area (Å²) in [6, 6.07) is 7.70. The van der Waals surface area contributed by atoms with Crippen molar-refractivity contribution in [1.82, 2.24) is 15.3 Å². The molecule has 0 unspecified atom stereocenters. The summed E-state index contributed by atoms with van der Waals surface area (Å²) < 4.78 is 5.33. The molecule has 0 bridgehead atoms. The van der Waals surface area contributed by atoms with Gasteiger partial charge in [0.1, 0.15) is 0 Å². The summed E-state index contributed by atoms with van der Waals surface area (Å²) in [5, 5.41) is 10.6. The highest BCUT2D eigenvalue weighted by Gasteiger charge is 2.13. The van der Waals surface area contributed by atoms with Gasteiger partial charge in [-0.25, -0.2) is 19.8 Å². The predicted octanol–water partition coefficient (Wildman–Crippen LogP) is 1.06. The molecule has 0 atom stereocenters. The molecular formula is C17H20N6O3. The SMILES string of the molecule is NC(=NCc1cccc(-c2cnc(N3CCOCC3)nc2)c1)NC(=O)O. The Hall–Kier alpha value is -3.20. The number of rotatable bonds is 4. The Morgan fingerprint density at radius 2 is 2.00 bits per heavy atom. The highest BCUT2D eigenvalue weighted by Crippen LogP contribution is 2.21. The lowest BCUT2D eigenvalue weighted by atomic mass is 10.1. The third-order valence-corrected chi connectivity index (χ3v) is 3.86. The highest BCUT2D eigenvalue weighted by molar-refractivity contribution is 5.91. The second-order valence-corrected chi connectivity index (χ2v) is 5.70. The third-order valence-electron chi connectivity index (χ3n) is 3.86. The van der Waals surface area contributed by atoms with Gasteiger partial charge < -0.3 is 20.5 Å². The molecule has 9 heteroatoms. The van der Waals surface area contributed by atoms with E-state index in [1.807, 2.05) is 29.6 Å². The summed E-state index contributed by atoms with van der Waals surface area (Å²) in [7, 11) is 0. The summed E-state index contributed by atoms with van der Waals surface area (Å²) in [6.07, 6.45) is 2.35. The Morgan fingerprint density at radius 3 is 2.69 bits per heavy atom. The Balaban J connectivity index is 1.70. The monoisotopic (exact) mass is 356 g/mol. The van der Waals surface area contributed by atoms with Crippen LogP contribution in [0.2, 0.25) is 0 Å². The lowest BCUT2D eigenvalue weighted by Crippen LogP contribution is -2.37. The summed E-state index contributed by atoms with van der Waals surface area (Å²) >= 11 is 0. The maximum absolute atomic E-state index is 10.5. The number of aliphatic imine (C=N–C) groups is 1. The van der Waals surface area contributed by atoms with Gasteiger partial charge in [-0.2, -0.15) is 0 Å². The van der Waals surface area contributed by atoms with Gasteiger partial charge in [0.05, 0.1) is 19.8 Å². The molecule has 0 radical (unpaired) electrons. The predicted molar refractivity (Wildman–Crippen MR) is 97.0 cm³/mol. The number of nitrogens with two attached hydrogens (primary N) is 1. The molecule has 3 rings (SSSR count). The number of benzene rings is 1. The van der Waals surface area contributed by atoms with E-state index in [0.717, 1.165) is 29.8 Å². The smallest absolute Gasteiger partial charge is 0.411 e. The van der Waals surface area contributed by atoms with E-state index >= 15 is 0 Å². The Labute approximate surface area is 150 Å². The van der Waals surface area contributed by atoms with Crippen molar-refractivity contribution in [2.75, 3.05) is 31.2 Å². The molecule has 1 fully saturated rings. The Bertz CT molecular complexity index is 787. The zero-order valence-electron chi connectivity index (χ0n) is 14.1. The van der Waals surface area contributed by atoms with Gasteiger partial charge in [-0.1, -0.05) is 18.2 Å². The quantitative estimate of drug-likeness (QED) is 0.552. The van der Waals surface area contributed by atoms with Gasteiger partial charge in [-0.05, 0) is 17.2 Å². The van der Waals surface area contributed by atoms with E-state index in [0.29, 0.717) is 19.2 Å². The van der Waals surface area contributed by atoms with Gasteiger partial charge >= 0.3 is 6.09 Å². The maximum atomic E-state index is 10.5. The number of carboxylic acid groups (broad SMARTS) is 1. The van der Waals surface area contributed by atoms with E-state index in [4.69, 9.17) is 15.6 Å². The molecule has 0 spiro atoms. The largest absolute Gasteiger partial charge is 0.465 e. The number of hydrogen-bond donors (Lipinski definition) is 3. The molecule has 1 aromatic heterocycles. The Kier molecular flexibility index (Phi) is 5.59. The lowest BCUT2D eigenvalue weighted by Gasteiger charge is -2.26. The number of aromatic nitrogens is 2. The average Bonchev–Trinajstić information content (AvgIpc) is 2.67. The summed E-state index contributed by atoms with van der Waals surface area (Å²) in [5.74, 6) is 0.562. The summed E-state index contributed by atoms with van der Waals surface area (Å²) in [4.78, 5) is 25.5. The van der Waals surface area contributed by atoms with Crippen molar-refractivity contribution in [3.05, 3.63) is 42.2 Å². The van der Waals surface area contributed by atoms with Crippen molar-refractivity contribution in [2.45, 2.75) is 6.54 Å². The van der Waals surface area contributed by atoms with Crippen molar-refractivity contribution in [2.24, 2.45) is 10.7 Å². The summed E-state index contributed by atoms with van der Waals surface area (Å²) in [6.45, 7) is 3.23. The lowest BCUT2D eigenvalue weighted by molar-refractivity contribution is 0.122. The molecule has 0 aliphatic carbocycles. The molecule has 2 heterocycles. The first-order chi connectivity index (χ1) is 12.6. The number of morpholine rings is 1. The van der Waals surface area contributed by atoms with Gasteiger partial charge in [0.25, 0.3) is 0 Å². The molecule has 4 N–H and O–H groups in total. The van der Waals surface area contributed by atoms with Crippen molar-refractivity contribution < 1.29 is 14.6 Å². The molecule has 26 heavy (non-hydrogen) atoms. The second-order valence-electron chi connectivity index (χ2n) is 5.70. The number of nitrogens with zero attached hydrogens (tertiary/aromatic N) is 4. The van der Waals surface area contributed by atoms with Crippen LogP contribution in [-0.4, -0.2) is 53.4 Å². The molecule has 136 valence electrons. The first kappa shape index (κ1) is 17.6. The molecule has 0 saturated carbocycles. The number of amides is 1. The van der Waals surface area contributed by atoms with Gasteiger partial charge in [0, 0.05) is 31.0 Å². The van der Waals surface area contributed by atoms with Crippen LogP contribution in [0.4, 0.5) is 10.7 Å². The third kappa shape index (κ3) is 4.67. The first-order valence-electron chi connectivity index (χ1n) is 8.16. The van der Waals surface area contributed by atoms with Crippen molar-refractivity contribution in [3.63, 3.8) is 0 Å². The topological polar surface area (TPSA) is 126 Å². The van der Waals surface area contributed by atoms with E-state index in [1.54, 1.807) is 12.4 Å². The van der Waals surface area contributed by atoms with Crippen molar-refractivity contribution >= 4 is 18.0 Å². The molecular weight excluding hydrogens is 336 g/mol. The zero-order chi connectivity index (χ0) is 18.4.